The lowest BCUT2D eigenvalue weighted by molar-refractivity contribution is -0.241. The average Bonchev–Trinajstić information content (AvgIpc) is 3.35. The zero-order valence-electron chi connectivity index (χ0n) is 30.0. The van der Waals surface area contributed by atoms with Crippen LogP contribution in [-0.2, 0) is 42.9 Å². The van der Waals surface area contributed by atoms with Crippen LogP contribution in [0.15, 0.2) is 36.4 Å². The predicted molar refractivity (Wildman–Crippen MR) is 183 cm³/mol. The Morgan fingerprint density at radius 2 is 1.83 bits per heavy atom. The molecule has 17 heteroatoms. The fraction of sp³-hybridized carbons (Fsp3) is 0.686. The molecule has 290 valence electrons. The Bertz CT molecular complexity index is 1370. The number of rotatable bonds is 17. The lowest BCUT2D eigenvalue weighted by atomic mass is 10.0. The normalized spacial score (nSPS) is 31.1. The Labute approximate surface area is 303 Å². The molecule has 4 aliphatic heterocycles. The number of unbranched alkanes of at least 4 members (excludes halogenated alkanes) is 6. The quantitative estimate of drug-likeness (QED) is 0.0901. The summed E-state index contributed by atoms with van der Waals surface area (Å²) in [6, 6.07) is -1.61. The van der Waals surface area contributed by atoms with Crippen LogP contribution in [0.1, 0.15) is 84.5 Å². The number of ether oxygens (including phenoxy) is 5. The number of aliphatic hydroxyl groups is 2. The van der Waals surface area contributed by atoms with Crippen LogP contribution >= 0.6 is 0 Å². The minimum absolute atomic E-state index is 0.0682. The zero-order valence-corrected chi connectivity index (χ0v) is 30.0. The highest BCUT2D eigenvalue weighted by molar-refractivity contribution is 5.95. The molecule has 0 radical (unpaired) electrons. The van der Waals surface area contributed by atoms with Gasteiger partial charge in [-0.25, -0.2) is 4.79 Å². The minimum Gasteiger partial charge on any atom is -0.456 e. The molecule has 4 heterocycles. The van der Waals surface area contributed by atoms with Crippen molar-refractivity contribution in [2.45, 2.75) is 146 Å². The molecule has 4 rings (SSSR count). The van der Waals surface area contributed by atoms with Gasteiger partial charge < -0.3 is 55.6 Å². The van der Waals surface area contributed by atoms with Crippen molar-refractivity contribution in [1.29, 1.82) is 0 Å². The van der Waals surface area contributed by atoms with Gasteiger partial charge in [-0.05, 0) is 44.8 Å². The molecule has 52 heavy (non-hydrogen) atoms. The summed E-state index contributed by atoms with van der Waals surface area (Å²) >= 11 is 0. The highest BCUT2D eigenvalue weighted by Gasteiger charge is 2.56. The number of amides is 5. The third kappa shape index (κ3) is 10.5. The maximum atomic E-state index is 13.2. The number of nitrogens with two attached hydrogens (primary N) is 1. The first-order valence-electron chi connectivity index (χ1n) is 18.0. The van der Waals surface area contributed by atoms with Gasteiger partial charge in [0.15, 0.2) is 24.2 Å². The summed E-state index contributed by atoms with van der Waals surface area (Å²) < 4.78 is 29.1. The van der Waals surface area contributed by atoms with Crippen LogP contribution in [0.25, 0.3) is 0 Å². The fourth-order valence-corrected chi connectivity index (χ4v) is 6.52. The Morgan fingerprint density at radius 1 is 1.12 bits per heavy atom. The number of hydrogen-bond acceptors (Lipinski definition) is 12. The zero-order chi connectivity index (χ0) is 37.9. The molecule has 5 amide bonds. The van der Waals surface area contributed by atoms with E-state index < -0.39 is 84.8 Å². The molecule has 0 aromatic rings. The van der Waals surface area contributed by atoms with Crippen molar-refractivity contribution in [3.63, 3.8) is 0 Å². The first kappa shape index (κ1) is 40.7. The third-order valence-corrected chi connectivity index (χ3v) is 9.38. The topological polar surface area (TPSA) is 237 Å². The molecule has 17 nitrogen and oxygen atoms in total. The average molecular weight is 736 g/mol. The van der Waals surface area contributed by atoms with Crippen molar-refractivity contribution in [1.82, 2.24) is 20.9 Å². The highest BCUT2D eigenvalue weighted by atomic mass is 16.7. The monoisotopic (exact) mass is 735 g/mol. The highest BCUT2D eigenvalue weighted by Crippen LogP contribution is 2.34. The van der Waals surface area contributed by atoms with Gasteiger partial charge in [0.25, 0.3) is 5.91 Å². The van der Waals surface area contributed by atoms with Crippen molar-refractivity contribution >= 4 is 29.7 Å². The van der Waals surface area contributed by atoms with E-state index in [0.717, 1.165) is 55.9 Å². The van der Waals surface area contributed by atoms with E-state index in [9.17, 15) is 34.2 Å². The van der Waals surface area contributed by atoms with E-state index >= 15 is 0 Å². The molecule has 10 atom stereocenters. The molecule has 0 spiro atoms. The van der Waals surface area contributed by atoms with Gasteiger partial charge in [-0.1, -0.05) is 52.0 Å². The second kappa shape index (κ2) is 19.2. The predicted octanol–water partition coefficient (Wildman–Crippen LogP) is 0.837. The van der Waals surface area contributed by atoms with Gasteiger partial charge in [0.2, 0.25) is 18.1 Å². The second-order valence-electron chi connectivity index (χ2n) is 13.5. The SMILES string of the molecule is C=C1C=CN([C@@H]2O[C@H]([C@@H](O[C@H]3OC(C(=O)N[C@H]4CCC[C@@H](C)NC4=O)=C[C@H](O)[C@@H]3O)C(N)=O)[C@@H](OC)[C@H]2OC(=O)CCCCCCCCC)C(=O)N1. The maximum Gasteiger partial charge on any atom is 0.328 e. The van der Waals surface area contributed by atoms with Crippen LogP contribution in [0.5, 0.6) is 0 Å². The molecule has 0 saturated carbocycles. The van der Waals surface area contributed by atoms with Gasteiger partial charge in [-0.15, -0.1) is 0 Å². The van der Waals surface area contributed by atoms with Crippen molar-refractivity contribution in [2.24, 2.45) is 5.73 Å². The molecular formula is C35H53N5O12. The fourth-order valence-electron chi connectivity index (χ4n) is 6.52. The summed E-state index contributed by atoms with van der Waals surface area (Å²) in [5.74, 6) is -3.42. The standard InChI is InChI=1S/C35H53N5O12/c1-5-6-7-8-9-10-11-15-24(42)50-29-26(48-4)27(51-33(29)40-17-16-20(3)38-35(40)47)28(30(36)44)52-34-25(43)22(41)18-23(49-34)32(46)39-21-14-12-13-19(2)37-31(21)45/h16-19,21-22,25-29,33-34,41,43H,3,5-15H2,1-2,4H3,(H2,36,44)(H,37,45)(H,38,47)(H,39,46)/t19-,21+,22+,25+,26-,27+,28-,29-,33-,34-/m1/s1. The number of primary amides is 1. The molecule has 0 aliphatic carbocycles. The summed E-state index contributed by atoms with van der Waals surface area (Å²) in [5, 5.41) is 29.3. The molecule has 4 aliphatic rings. The Morgan fingerprint density at radius 3 is 2.50 bits per heavy atom. The number of nitrogens with one attached hydrogen (secondary N) is 3. The van der Waals surface area contributed by atoms with Gasteiger partial charge in [0.1, 0.15) is 30.5 Å². The molecule has 0 unspecified atom stereocenters. The van der Waals surface area contributed by atoms with Crippen LogP contribution in [0.3, 0.4) is 0 Å². The second-order valence-corrected chi connectivity index (χ2v) is 13.5. The van der Waals surface area contributed by atoms with E-state index in [1.165, 1.54) is 19.4 Å². The summed E-state index contributed by atoms with van der Waals surface area (Å²) in [7, 11) is 1.28. The molecular weight excluding hydrogens is 682 g/mol. The van der Waals surface area contributed by atoms with Gasteiger partial charge in [-0.3, -0.25) is 24.1 Å². The first-order valence-corrected chi connectivity index (χ1v) is 18.0. The summed E-state index contributed by atoms with van der Waals surface area (Å²) in [6.07, 6.45) is 0.0730. The summed E-state index contributed by atoms with van der Waals surface area (Å²) in [4.78, 5) is 66.0. The van der Waals surface area contributed by atoms with Crippen molar-refractivity contribution in [2.75, 3.05) is 7.11 Å². The van der Waals surface area contributed by atoms with E-state index in [4.69, 9.17) is 29.4 Å². The molecule has 0 bridgehead atoms. The number of carbonyl (C=O) groups excluding carboxylic acids is 5. The van der Waals surface area contributed by atoms with Gasteiger partial charge in [0.05, 0.1) is 0 Å². The number of urea groups is 1. The van der Waals surface area contributed by atoms with E-state index in [1.54, 1.807) is 0 Å². The number of methoxy groups -OCH3 is 1. The maximum absolute atomic E-state index is 13.2. The Kier molecular flexibility index (Phi) is 15.0. The number of esters is 1. The molecule has 7 N–H and O–H groups in total. The van der Waals surface area contributed by atoms with Crippen LogP contribution in [-0.4, -0.2) is 113 Å². The van der Waals surface area contributed by atoms with Gasteiger partial charge in [-0.2, -0.15) is 0 Å². The number of hydrogen-bond donors (Lipinski definition) is 6. The van der Waals surface area contributed by atoms with E-state index in [2.05, 4.69) is 29.5 Å². The summed E-state index contributed by atoms with van der Waals surface area (Å²) in [5.41, 5.74) is 6.07. The third-order valence-electron chi connectivity index (χ3n) is 9.38. The number of allylic oxidation sites excluding steroid dienone is 1. The smallest absolute Gasteiger partial charge is 0.328 e. The Balaban J connectivity index is 1.50. The van der Waals surface area contributed by atoms with Crippen molar-refractivity contribution in [3.8, 4) is 0 Å². The molecule has 2 saturated heterocycles. The molecule has 0 aromatic heterocycles. The van der Waals surface area contributed by atoms with Gasteiger partial charge in [0, 0.05) is 31.5 Å². The van der Waals surface area contributed by atoms with Crippen LogP contribution in [0.4, 0.5) is 4.79 Å². The number of aliphatic hydroxyl groups excluding tert-OH is 2. The number of nitrogens with zero attached hydrogens (tertiary/aromatic N) is 1. The van der Waals surface area contributed by atoms with Crippen LogP contribution < -0.4 is 21.7 Å². The van der Waals surface area contributed by atoms with Crippen LogP contribution in [0.2, 0.25) is 0 Å². The van der Waals surface area contributed by atoms with E-state index in [0.29, 0.717) is 25.0 Å². The van der Waals surface area contributed by atoms with Gasteiger partial charge >= 0.3 is 12.0 Å². The molecule has 0 aromatic carbocycles. The number of carbonyl (C=O) groups is 5. The van der Waals surface area contributed by atoms with Crippen molar-refractivity contribution in [3.05, 3.63) is 36.4 Å². The largest absolute Gasteiger partial charge is 0.456 e. The first-order chi connectivity index (χ1) is 24.8. The van der Waals surface area contributed by atoms with E-state index in [-0.39, 0.29) is 18.4 Å². The Hall–Kier alpha value is -4.03. The van der Waals surface area contributed by atoms with Crippen molar-refractivity contribution < 1.29 is 57.9 Å². The lowest BCUT2D eigenvalue weighted by Gasteiger charge is -2.35. The lowest BCUT2D eigenvalue weighted by Crippen LogP contribution is -2.54. The van der Waals surface area contributed by atoms with E-state index in [1.807, 2.05) is 6.92 Å². The minimum atomic E-state index is -1.85. The van der Waals surface area contributed by atoms with Crippen LogP contribution in [0, 0.1) is 0 Å². The molecule has 2 fully saturated rings. The summed E-state index contributed by atoms with van der Waals surface area (Å²) in [6.45, 7) is 7.70.